The fraction of sp³-hybridized carbons (Fsp3) is 0.583. The lowest BCUT2D eigenvalue weighted by Gasteiger charge is -2.13. The molecule has 1 atom stereocenters. The van der Waals surface area contributed by atoms with E-state index in [4.69, 9.17) is 23.2 Å². The van der Waals surface area contributed by atoms with Crippen molar-refractivity contribution in [1.29, 1.82) is 0 Å². The summed E-state index contributed by atoms with van der Waals surface area (Å²) in [6.45, 7) is 4.12. The van der Waals surface area contributed by atoms with Crippen LogP contribution in [0, 0.1) is 0 Å². The second kappa shape index (κ2) is 7.54. The zero-order valence-corrected chi connectivity index (χ0v) is 12.1. The molecule has 1 rings (SSSR count). The number of halogens is 2. The molecule has 100 valence electrons. The molecule has 1 N–H and O–H groups in total. The lowest BCUT2D eigenvalue weighted by molar-refractivity contribution is 0.0937. The SMILES string of the molecule is CCCCCC(C)NC(=O)c1cc(Cl)nnc1Cl. The topological polar surface area (TPSA) is 54.9 Å². The summed E-state index contributed by atoms with van der Waals surface area (Å²) < 4.78 is 0. The molecule has 0 fully saturated rings. The first kappa shape index (κ1) is 15.2. The van der Waals surface area contributed by atoms with E-state index in [1.807, 2.05) is 6.92 Å². The van der Waals surface area contributed by atoms with Crippen molar-refractivity contribution in [1.82, 2.24) is 15.5 Å². The maximum absolute atomic E-state index is 11.9. The van der Waals surface area contributed by atoms with Crippen molar-refractivity contribution in [2.24, 2.45) is 0 Å². The van der Waals surface area contributed by atoms with Gasteiger partial charge in [0.05, 0.1) is 5.56 Å². The Morgan fingerprint density at radius 1 is 1.39 bits per heavy atom. The smallest absolute Gasteiger partial charge is 0.254 e. The zero-order valence-electron chi connectivity index (χ0n) is 10.5. The van der Waals surface area contributed by atoms with Crippen LogP contribution in [0.2, 0.25) is 10.3 Å². The summed E-state index contributed by atoms with van der Waals surface area (Å²) >= 11 is 11.5. The van der Waals surface area contributed by atoms with Gasteiger partial charge in [-0.05, 0) is 19.4 Å². The van der Waals surface area contributed by atoms with Gasteiger partial charge in [-0.15, -0.1) is 10.2 Å². The highest BCUT2D eigenvalue weighted by molar-refractivity contribution is 6.34. The number of aromatic nitrogens is 2. The minimum atomic E-state index is -0.263. The Bertz CT molecular complexity index is 412. The number of rotatable bonds is 6. The van der Waals surface area contributed by atoms with E-state index in [1.165, 1.54) is 12.5 Å². The van der Waals surface area contributed by atoms with Crippen molar-refractivity contribution in [3.8, 4) is 0 Å². The van der Waals surface area contributed by atoms with Crippen LogP contribution < -0.4 is 5.32 Å². The molecule has 0 saturated heterocycles. The fourth-order valence-corrected chi connectivity index (χ4v) is 1.91. The lowest BCUT2D eigenvalue weighted by Crippen LogP contribution is -2.32. The Balaban J connectivity index is 2.56. The highest BCUT2D eigenvalue weighted by Crippen LogP contribution is 2.15. The van der Waals surface area contributed by atoms with Gasteiger partial charge in [0.2, 0.25) is 0 Å². The predicted molar refractivity (Wildman–Crippen MR) is 73.1 cm³/mol. The average molecular weight is 290 g/mol. The van der Waals surface area contributed by atoms with E-state index in [1.54, 1.807) is 0 Å². The molecule has 0 radical (unpaired) electrons. The standard InChI is InChI=1S/C12H17Cl2N3O/c1-3-4-5-6-8(2)15-12(18)9-7-10(13)16-17-11(9)14/h7-8H,3-6H2,1-2H3,(H,15,18). The van der Waals surface area contributed by atoms with Crippen molar-refractivity contribution < 1.29 is 4.79 Å². The van der Waals surface area contributed by atoms with Crippen LogP contribution in [0.1, 0.15) is 49.9 Å². The number of unbranched alkanes of at least 4 members (excludes halogenated alkanes) is 2. The molecular weight excluding hydrogens is 273 g/mol. The third-order valence-electron chi connectivity index (χ3n) is 2.58. The van der Waals surface area contributed by atoms with Crippen LogP contribution in [0.3, 0.4) is 0 Å². The second-order valence-electron chi connectivity index (χ2n) is 4.24. The van der Waals surface area contributed by atoms with Gasteiger partial charge in [-0.25, -0.2) is 0 Å². The van der Waals surface area contributed by atoms with Crippen LogP contribution in [0.4, 0.5) is 0 Å². The number of hydrogen-bond acceptors (Lipinski definition) is 3. The Kier molecular flexibility index (Phi) is 6.36. The third kappa shape index (κ3) is 4.78. The summed E-state index contributed by atoms with van der Waals surface area (Å²) in [5, 5.41) is 10.3. The number of hydrogen-bond donors (Lipinski definition) is 1. The molecule has 0 saturated carbocycles. The van der Waals surface area contributed by atoms with Crippen LogP contribution in [-0.4, -0.2) is 22.1 Å². The minimum absolute atomic E-state index is 0.0673. The van der Waals surface area contributed by atoms with Gasteiger partial charge in [-0.2, -0.15) is 0 Å². The highest BCUT2D eigenvalue weighted by Gasteiger charge is 2.15. The van der Waals surface area contributed by atoms with Gasteiger partial charge in [0.15, 0.2) is 10.3 Å². The van der Waals surface area contributed by atoms with Crippen molar-refractivity contribution in [3.05, 3.63) is 21.9 Å². The molecular formula is C12H17Cl2N3O. The number of carbonyl (C=O) groups is 1. The van der Waals surface area contributed by atoms with Gasteiger partial charge >= 0.3 is 0 Å². The Hall–Kier alpha value is -0.870. The fourth-order valence-electron chi connectivity index (χ4n) is 1.59. The first-order chi connectivity index (χ1) is 8.54. The van der Waals surface area contributed by atoms with Gasteiger partial charge in [-0.1, -0.05) is 49.4 Å². The largest absolute Gasteiger partial charge is 0.349 e. The van der Waals surface area contributed by atoms with Gasteiger partial charge < -0.3 is 5.32 Å². The first-order valence-electron chi connectivity index (χ1n) is 6.04. The molecule has 1 aromatic rings. The number of nitrogens with one attached hydrogen (secondary N) is 1. The van der Waals surface area contributed by atoms with E-state index >= 15 is 0 Å². The molecule has 6 heteroatoms. The maximum Gasteiger partial charge on any atom is 0.254 e. The normalized spacial score (nSPS) is 12.2. The molecule has 4 nitrogen and oxygen atoms in total. The van der Waals surface area contributed by atoms with Crippen LogP contribution in [-0.2, 0) is 0 Å². The molecule has 1 unspecified atom stereocenters. The monoisotopic (exact) mass is 289 g/mol. The molecule has 1 aromatic heterocycles. The summed E-state index contributed by atoms with van der Waals surface area (Å²) in [6.07, 6.45) is 4.38. The Morgan fingerprint density at radius 2 is 2.11 bits per heavy atom. The van der Waals surface area contributed by atoms with E-state index in [2.05, 4.69) is 22.4 Å². The predicted octanol–water partition coefficient (Wildman–Crippen LogP) is 3.48. The maximum atomic E-state index is 11.9. The highest BCUT2D eigenvalue weighted by atomic mass is 35.5. The molecule has 1 heterocycles. The van der Waals surface area contributed by atoms with Crippen molar-refractivity contribution in [2.75, 3.05) is 0 Å². The summed E-state index contributed by atoms with van der Waals surface area (Å²) in [5.74, 6) is -0.263. The first-order valence-corrected chi connectivity index (χ1v) is 6.79. The second-order valence-corrected chi connectivity index (χ2v) is 4.99. The van der Waals surface area contributed by atoms with Gasteiger partial charge in [-0.3, -0.25) is 4.79 Å². The average Bonchev–Trinajstić information content (AvgIpc) is 2.32. The van der Waals surface area contributed by atoms with E-state index in [0.717, 1.165) is 19.3 Å². The molecule has 0 aliphatic carbocycles. The Labute approximate surface area is 117 Å². The van der Waals surface area contributed by atoms with Gasteiger partial charge in [0.25, 0.3) is 5.91 Å². The summed E-state index contributed by atoms with van der Waals surface area (Å²) in [5.41, 5.74) is 0.263. The van der Waals surface area contributed by atoms with Crippen LogP contribution in [0.15, 0.2) is 6.07 Å². The van der Waals surface area contributed by atoms with Gasteiger partial charge in [0, 0.05) is 6.04 Å². The molecule has 0 aromatic carbocycles. The summed E-state index contributed by atoms with van der Waals surface area (Å²) in [6, 6.07) is 1.53. The van der Waals surface area contributed by atoms with E-state index < -0.39 is 0 Å². The lowest BCUT2D eigenvalue weighted by atomic mass is 10.1. The van der Waals surface area contributed by atoms with Crippen molar-refractivity contribution >= 4 is 29.1 Å². The van der Waals surface area contributed by atoms with Crippen molar-refractivity contribution in [2.45, 2.75) is 45.6 Å². The van der Waals surface area contributed by atoms with E-state index in [-0.39, 0.29) is 27.8 Å². The molecule has 0 spiro atoms. The summed E-state index contributed by atoms with van der Waals surface area (Å²) in [7, 11) is 0. The van der Waals surface area contributed by atoms with Crippen molar-refractivity contribution in [3.63, 3.8) is 0 Å². The van der Waals surface area contributed by atoms with E-state index in [9.17, 15) is 4.79 Å². The molecule has 0 aliphatic heterocycles. The van der Waals surface area contributed by atoms with Crippen LogP contribution in [0.5, 0.6) is 0 Å². The zero-order chi connectivity index (χ0) is 13.5. The van der Waals surface area contributed by atoms with Gasteiger partial charge in [0.1, 0.15) is 0 Å². The van der Waals surface area contributed by atoms with Crippen LogP contribution in [0.25, 0.3) is 0 Å². The molecule has 0 bridgehead atoms. The van der Waals surface area contributed by atoms with Crippen LogP contribution >= 0.6 is 23.2 Å². The molecule has 18 heavy (non-hydrogen) atoms. The quantitative estimate of drug-likeness (QED) is 0.816. The molecule has 0 aliphatic rings. The van der Waals surface area contributed by atoms with E-state index in [0.29, 0.717) is 0 Å². The molecule has 1 amide bonds. The number of carbonyl (C=O) groups excluding carboxylic acids is 1. The third-order valence-corrected chi connectivity index (χ3v) is 3.05. The minimum Gasteiger partial charge on any atom is -0.349 e. The summed E-state index contributed by atoms with van der Waals surface area (Å²) in [4.78, 5) is 11.9. The number of nitrogens with zero attached hydrogens (tertiary/aromatic N) is 2. The number of amides is 1. The Morgan fingerprint density at radius 3 is 2.78 bits per heavy atom.